The Balaban J connectivity index is 1.58. The van der Waals surface area contributed by atoms with Crippen LogP contribution in [-0.2, 0) is 16.4 Å². The third-order valence-electron chi connectivity index (χ3n) is 4.32. The second kappa shape index (κ2) is 7.41. The van der Waals surface area contributed by atoms with E-state index in [1.807, 2.05) is 6.92 Å². The van der Waals surface area contributed by atoms with Crippen molar-refractivity contribution in [1.82, 2.24) is 19.4 Å². The Morgan fingerprint density at radius 1 is 1.16 bits per heavy atom. The summed E-state index contributed by atoms with van der Waals surface area (Å²) in [7, 11) is -3.51. The molecule has 7 nitrogen and oxygen atoms in total. The molecule has 136 valence electrons. The number of aryl methyl sites for hydroxylation is 2. The van der Waals surface area contributed by atoms with Gasteiger partial charge in [-0.1, -0.05) is 17.7 Å². The average molecular weight is 385 g/mol. The molecule has 1 fully saturated rings. The van der Waals surface area contributed by atoms with Crippen LogP contribution in [0, 0.1) is 13.8 Å². The van der Waals surface area contributed by atoms with E-state index >= 15 is 0 Å². The molecule has 0 atom stereocenters. The van der Waals surface area contributed by atoms with E-state index < -0.39 is 10.0 Å². The first kappa shape index (κ1) is 18.3. The Morgan fingerprint density at radius 3 is 2.48 bits per heavy atom. The molecule has 2 aromatic rings. The lowest BCUT2D eigenvalue weighted by Crippen LogP contribution is -2.49. The van der Waals surface area contributed by atoms with Crippen molar-refractivity contribution in [2.75, 3.05) is 32.7 Å². The van der Waals surface area contributed by atoms with Gasteiger partial charge >= 0.3 is 0 Å². The molecule has 1 aliphatic heterocycles. The Hall–Kier alpha value is -1.48. The van der Waals surface area contributed by atoms with Gasteiger partial charge in [-0.05, 0) is 24.6 Å². The second-order valence-electron chi connectivity index (χ2n) is 6.12. The molecule has 0 saturated carbocycles. The number of nitrogens with zero attached hydrogens (tertiary/aromatic N) is 4. The molecule has 0 unspecified atom stereocenters. The van der Waals surface area contributed by atoms with E-state index in [9.17, 15) is 8.42 Å². The van der Waals surface area contributed by atoms with Gasteiger partial charge in [0.05, 0.1) is 4.90 Å². The van der Waals surface area contributed by atoms with Crippen molar-refractivity contribution < 1.29 is 12.8 Å². The molecule has 1 saturated heterocycles. The fourth-order valence-electron chi connectivity index (χ4n) is 2.77. The number of sulfonamides is 1. The van der Waals surface area contributed by atoms with Crippen LogP contribution in [-0.4, -0.2) is 60.5 Å². The van der Waals surface area contributed by atoms with Gasteiger partial charge in [-0.2, -0.15) is 4.31 Å². The summed E-state index contributed by atoms with van der Waals surface area (Å²) in [5, 5.41) is 8.25. The first-order valence-corrected chi connectivity index (χ1v) is 9.96. The van der Waals surface area contributed by atoms with Crippen LogP contribution in [0.3, 0.4) is 0 Å². The summed E-state index contributed by atoms with van der Waals surface area (Å²) in [6.45, 7) is 6.64. The van der Waals surface area contributed by atoms with Gasteiger partial charge in [0.2, 0.25) is 21.8 Å². The Bertz CT molecular complexity index is 845. The van der Waals surface area contributed by atoms with Crippen molar-refractivity contribution in [3.63, 3.8) is 0 Å². The van der Waals surface area contributed by atoms with E-state index in [4.69, 9.17) is 16.0 Å². The van der Waals surface area contributed by atoms with E-state index in [1.165, 1.54) is 10.4 Å². The standard InChI is InChI=1S/C16H21ClN4O3S/c1-12-3-4-14(11-15(12)17)25(22,23)21-9-7-20(8-10-21)6-5-16-19-18-13(2)24-16/h3-4,11H,5-10H2,1-2H3. The van der Waals surface area contributed by atoms with Crippen molar-refractivity contribution in [3.8, 4) is 0 Å². The highest BCUT2D eigenvalue weighted by Crippen LogP contribution is 2.23. The SMILES string of the molecule is Cc1nnc(CCN2CCN(S(=O)(=O)c3ccc(C)c(Cl)c3)CC2)o1. The lowest BCUT2D eigenvalue weighted by Gasteiger charge is -2.33. The van der Waals surface area contributed by atoms with Gasteiger partial charge in [0.25, 0.3) is 0 Å². The second-order valence-corrected chi connectivity index (χ2v) is 8.47. The zero-order chi connectivity index (χ0) is 18.0. The molecule has 1 aliphatic rings. The monoisotopic (exact) mass is 384 g/mol. The fraction of sp³-hybridized carbons (Fsp3) is 0.500. The van der Waals surface area contributed by atoms with Gasteiger partial charge < -0.3 is 9.32 Å². The number of hydrogen-bond acceptors (Lipinski definition) is 6. The highest BCUT2D eigenvalue weighted by atomic mass is 35.5. The summed E-state index contributed by atoms with van der Waals surface area (Å²) in [6.07, 6.45) is 0.668. The number of piperazine rings is 1. The maximum absolute atomic E-state index is 12.8. The number of rotatable bonds is 5. The molecule has 2 heterocycles. The van der Waals surface area contributed by atoms with Gasteiger partial charge in [0.1, 0.15) is 0 Å². The smallest absolute Gasteiger partial charge is 0.243 e. The summed E-state index contributed by atoms with van der Waals surface area (Å²) in [5.74, 6) is 1.17. The highest BCUT2D eigenvalue weighted by molar-refractivity contribution is 7.89. The zero-order valence-corrected chi connectivity index (χ0v) is 15.8. The zero-order valence-electron chi connectivity index (χ0n) is 14.3. The lowest BCUT2D eigenvalue weighted by atomic mass is 10.2. The molecule has 0 amide bonds. The van der Waals surface area contributed by atoms with E-state index in [1.54, 1.807) is 19.1 Å². The molecule has 1 aromatic heterocycles. The molecule has 0 aliphatic carbocycles. The Morgan fingerprint density at radius 2 is 1.88 bits per heavy atom. The Labute approximate surface area is 152 Å². The van der Waals surface area contributed by atoms with E-state index in [-0.39, 0.29) is 4.90 Å². The first-order chi connectivity index (χ1) is 11.9. The highest BCUT2D eigenvalue weighted by Gasteiger charge is 2.28. The first-order valence-electron chi connectivity index (χ1n) is 8.14. The minimum absolute atomic E-state index is 0.248. The third kappa shape index (κ3) is 4.20. The van der Waals surface area contributed by atoms with Crippen LogP contribution < -0.4 is 0 Å². The molecular weight excluding hydrogens is 364 g/mol. The maximum atomic E-state index is 12.8. The third-order valence-corrected chi connectivity index (χ3v) is 6.62. The number of hydrogen-bond donors (Lipinski definition) is 0. The van der Waals surface area contributed by atoms with Gasteiger partial charge in [0.15, 0.2) is 0 Å². The van der Waals surface area contributed by atoms with E-state index in [2.05, 4.69) is 15.1 Å². The van der Waals surface area contributed by atoms with Gasteiger partial charge in [-0.15, -0.1) is 10.2 Å². The van der Waals surface area contributed by atoms with Crippen LogP contribution in [0.5, 0.6) is 0 Å². The fourth-order valence-corrected chi connectivity index (χ4v) is 4.46. The van der Waals surface area contributed by atoms with Gasteiger partial charge in [0, 0.05) is 51.1 Å². The summed E-state index contributed by atoms with van der Waals surface area (Å²) < 4.78 is 32.4. The van der Waals surface area contributed by atoms with Crippen LogP contribution in [0.4, 0.5) is 0 Å². The molecule has 0 radical (unpaired) electrons. The largest absolute Gasteiger partial charge is 0.426 e. The maximum Gasteiger partial charge on any atom is 0.243 e. The average Bonchev–Trinajstić information content (AvgIpc) is 3.01. The topological polar surface area (TPSA) is 79.5 Å². The van der Waals surface area contributed by atoms with Crippen molar-refractivity contribution in [2.45, 2.75) is 25.2 Å². The van der Waals surface area contributed by atoms with Crippen molar-refractivity contribution in [2.24, 2.45) is 0 Å². The van der Waals surface area contributed by atoms with Gasteiger partial charge in [-0.25, -0.2) is 8.42 Å². The predicted octanol–water partition coefficient (Wildman–Crippen LogP) is 1.89. The quantitative estimate of drug-likeness (QED) is 0.783. The van der Waals surface area contributed by atoms with E-state index in [0.717, 1.165) is 12.1 Å². The van der Waals surface area contributed by atoms with E-state index in [0.29, 0.717) is 49.4 Å². The van der Waals surface area contributed by atoms with Crippen LogP contribution >= 0.6 is 11.6 Å². The number of aromatic nitrogens is 2. The van der Waals surface area contributed by atoms with Crippen molar-refractivity contribution in [1.29, 1.82) is 0 Å². The normalized spacial score (nSPS) is 17.1. The number of halogens is 1. The molecule has 3 rings (SSSR count). The molecule has 9 heteroatoms. The molecule has 0 spiro atoms. The molecular formula is C16H21ClN4O3S. The predicted molar refractivity (Wildman–Crippen MR) is 94.1 cm³/mol. The van der Waals surface area contributed by atoms with Crippen LogP contribution in [0.15, 0.2) is 27.5 Å². The minimum Gasteiger partial charge on any atom is -0.426 e. The molecule has 1 aromatic carbocycles. The summed E-state index contributed by atoms with van der Waals surface area (Å²) >= 11 is 6.07. The van der Waals surface area contributed by atoms with Crippen molar-refractivity contribution >= 4 is 21.6 Å². The van der Waals surface area contributed by atoms with Crippen LogP contribution in [0.1, 0.15) is 17.3 Å². The van der Waals surface area contributed by atoms with Gasteiger partial charge in [-0.3, -0.25) is 0 Å². The van der Waals surface area contributed by atoms with Crippen LogP contribution in [0.25, 0.3) is 0 Å². The molecule has 0 N–H and O–H groups in total. The van der Waals surface area contributed by atoms with Crippen LogP contribution in [0.2, 0.25) is 5.02 Å². The Kier molecular flexibility index (Phi) is 5.43. The summed E-state index contributed by atoms with van der Waals surface area (Å²) in [6, 6.07) is 4.87. The molecule has 25 heavy (non-hydrogen) atoms. The number of benzene rings is 1. The molecule has 0 bridgehead atoms. The van der Waals surface area contributed by atoms with Crippen molar-refractivity contribution in [3.05, 3.63) is 40.6 Å². The summed E-state index contributed by atoms with van der Waals surface area (Å²) in [4.78, 5) is 2.45. The summed E-state index contributed by atoms with van der Waals surface area (Å²) in [5.41, 5.74) is 0.863. The minimum atomic E-state index is -3.51. The lowest BCUT2D eigenvalue weighted by molar-refractivity contribution is 0.186.